The molecule has 0 spiro atoms. The van der Waals surface area contributed by atoms with Crippen molar-refractivity contribution >= 4 is 28.9 Å². The summed E-state index contributed by atoms with van der Waals surface area (Å²) in [5, 5.41) is 3.71. The molecule has 0 fully saturated rings. The summed E-state index contributed by atoms with van der Waals surface area (Å²) < 4.78 is 4.60. The number of ether oxygens (including phenoxy) is 1. The van der Waals surface area contributed by atoms with Gasteiger partial charge in [-0.1, -0.05) is 18.2 Å². The summed E-state index contributed by atoms with van der Waals surface area (Å²) in [4.78, 5) is 28.4. The van der Waals surface area contributed by atoms with Crippen molar-refractivity contribution in [2.45, 2.75) is 26.2 Å². The molecule has 0 unspecified atom stereocenters. The molecule has 0 saturated carbocycles. The van der Waals surface area contributed by atoms with Crippen LogP contribution in [0.2, 0.25) is 0 Å². The van der Waals surface area contributed by atoms with Gasteiger partial charge in [0, 0.05) is 12.1 Å². The molecule has 5 nitrogen and oxygen atoms in total. The van der Waals surface area contributed by atoms with Gasteiger partial charge in [-0.3, -0.25) is 9.59 Å². The van der Waals surface area contributed by atoms with E-state index in [0.29, 0.717) is 29.8 Å². The molecule has 0 aliphatic carbocycles. The molecule has 0 atom stereocenters. The third-order valence-electron chi connectivity index (χ3n) is 3.08. The number of anilines is 1. The topological polar surface area (TPSA) is 68.3 Å². The van der Waals surface area contributed by atoms with E-state index in [-0.39, 0.29) is 11.9 Å². The van der Waals surface area contributed by atoms with Crippen molar-refractivity contribution in [2.75, 3.05) is 12.4 Å². The van der Waals surface area contributed by atoms with Gasteiger partial charge < -0.3 is 10.1 Å². The van der Waals surface area contributed by atoms with Gasteiger partial charge in [-0.25, -0.2) is 4.98 Å². The highest BCUT2D eigenvalue weighted by Crippen LogP contribution is 2.21. The Kier molecular flexibility index (Phi) is 5.66. The number of carbonyl (C=O) groups excluding carboxylic acids is 2. The molecule has 1 heterocycles. The Hall–Kier alpha value is -2.21. The lowest BCUT2D eigenvalue weighted by molar-refractivity contribution is -0.140. The monoisotopic (exact) mass is 318 g/mol. The zero-order valence-corrected chi connectivity index (χ0v) is 13.4. The first kappa shape index (κ1) is 16.2. The van der Waals surface area contributed by atoms with Gasteiger partial charge in [0.2, 0.25) is 0 Å². The Balaban J connectivity index is 1.97. The van der Waals surface area contributed by atoms with Crippen molar-refractivity contribution in [1.29, 1.82) is 0 Å². The molecule has 2 rings (SSSR count). The maximum absolute atomic E-state index is 12.3. The lowest BCUT2D eigenvalue weighted by atomic mass is 10.2. The molecule has 2 aromatic rings. The van der Waals surface area contributed by atoms with Crippen LogP contribution >= 0.6 is 11.3 Å². The molecule has 0 saturated heterocycles. The van der Waals surface area contributed by atoms with Gasteiger partial charge in [-0.15, -0.1) is 11.3 Å². The SMILES string of the molecule is COC(=O)CCCc1nc(C)c(C(=O)Nc2ccccc2)s1. The minimum absolute atomic E-state index is 0.152. The van der Waals surface area contributed by atoms with Crippen LogP contribution in [0, 0.1) is 6.92 Å². The number of aromatic nitrogens is 1. The van der Waals surface area contributed by atoms with E-state index in [1.54, 1.807) is 0 Å². The summed E-state index contributed by atoms with van der Waals surface area (Å²) >= 11 is 1.37. The third-order valence-corrected chi connectivity index (χ3v) is 4.29. The molecule has 0 aliphatic rings. The average Bonchev–Trinajstić information content (AvgIpc) is 2.89. The van der Waals surface area contributed by atoms with E-state index in [1.165, 1.54) is 18.4 Å². The van der Waals surface area contributed by atoms with Crippen LogP contribution in [0.25, 0.3) is 0 Å². The highest BCUT2D eigenvalue weighted by molar-refractivity contribution is 7.13. The Morgan fingerprint density at radius 2 is 2.00 bits per heavy atom. The van der Waals surface area contributed by atoms with Crippen LogP contribution in [-0.4, -0.2) is 24.0 Å². The summed E-state index contributed by atoms with van der Waals surface area (Å²) in [6.07, 6.45) is 1.69. The van der Waals surface area contributed by atoms with E-state index in [9.17, 15) is 9.59 Å². The molecule has 1 aromatic carbocycles. The molecule has 0 aliphatic heterocycles. The third kappa shape index (κ3) is 4.39. The maximum Gasteiger partial charge on any atom is 0.305 e. The fourth-order valence-corrected chi connectivity index (χ4v) is 2.97. The van der Waals surface area contributed by atoms with Crippen molar-refractivity contribution in [3.8, 4) is 0 Å². The highest BCUT2D eigenvalue weighted by Gasteiger charge is 2.15. The van der Waals surface area contributed by atoms with E-state index >= 15 is 0 Å². The number of thiazole rings is 1. The number of para-hydroxylation sites is 1. The van der Waals surface area contributed by atoms with Crippen LogP contribution in [0.4, 0.5) is 5.69 Å². The van der Waals surface area contributed by atoms with Crippen LogP contribution in [-0.2, 0) is 16.0 Å². The zero-order valence-electron chi connectivity index (χ0n) is 12.6. The number of hydrogen-bond donors (Lipinski definition) is 1. The lowest BCUT2D eigenvalue weighted by Gasteiger charge is -2.02. The van der Waals surface area contributed by atoms with Crippen LogP contribution in [0.3, 0.4) is 0 Å². The predicted octanol–water partition coefficient (Wildman–Crippen LogP) is 3.20. The predicted molar refractivity (Wildman–Crippen MR) is 86.2 cm³/mol. The number of nitrogens with zero attached hydrogens (tertiary/aromatic N) is 1. The number of rotatable bonds is 6. The largest absolute Gasteiger partial charge is 0.469 e. The molecule has 6 heteroatoms. The average molecular weight is 318 g/mol. The Morgan fingerprint density at radius 1 is 1.27 bits per heavy atom. The summed E-state index contributed by atoms with van der Waals surface area (Å²) in [6.45, 7) is 1.82. The smallest absolute Gasteiger partial charge is 0.305 e. The molecule has 0 bridgehead atoms. The van der Waals surface area contributed by atoms with E-state index in [0.717, 1.165) is 10.7 Å². The second kappa shape index (κ2) is 7.70. The highest BCUT2D eigenvalue weighted by atomic mass is 32.1. The summed E-state index contributed by atoms with van der Waals surface area (Å²) in [7, 11) is 1.38. The van der Waals surface area contributed by atoms with Crippen LogP contribution in [0.5, 0.6) is 0 Å². The molecule has 116 valence electrons. The summed E-state index contributed by atoms with van der Waals surface area (Å²) in [5.74, 6) is -0.379. The summed E-state index contributed by atoms with van der Waals surface area (Å²) in [6, 6.07) is 9.31. The van der Waals surface area contributed by atoms with E-state index in [4.69, 9.17) is 0 Å². The second-order valence-electron chi connectivity index (χ2n) is 4.77. The number of amides is 1. The fraction of sp³-hybridized carbons (Fsp3) is 0.312. The Morgan fingerprint density at radius 3 is 2.68 bits per heavy atom. The maximum atomic E-state index is 12.3. The molecular formula is C16H18N2O3S. The Bertz CT molecular complexity index is 653. The first-order valence-electron chi connectivity index (χ1n) is 6.99. The van der Waals surface area contributed by atoms with E-state index in [1.807, 2.05) is 37.3 Å². The quantitative estimate of drug-likeness (QED) is 0.831. The van der Waals surface area contributed by atoms with Crippen LogP contribution < -0.4 is 5.32 Å². The van der Waals surface area contributed by atoms with Gasteiger partial charge in [-0.2, -0.15) is 0 Å². The van der Waals surface area contributed by atoms with E-state index in [2.05, 4.69) is 15.0 Å². The second-order valence-corrected chi connectivity index (χ2v) is 5.86. The molecule has 22 heavy (non-hydrogen) atoms. The standard InChI is InChI=1S/C16H18N2O3S/c1-11-15(16(20)18-12-7-4-3-5-8-12)22-13(17-11)9-6-10-14(19)21-2/h3-5,7-8H,6,9-10H2,1-2H3,(H,18,20). The van der Waals surface area contributed by atoms with Crippen LogP contribution in [0.1, 0.15) is 33.2 Å². The first-order chi connectivity index (χ1) is 10.6. The minimum Gasteiger partial charge on any atom is -0.469 e. The lowest BCUT2D eigenvalue weighted by Crippen LogP contribution is -2.11. The van der Waals surface area contributed by atoms with Gasteiger partial charge >= 0.3 is 5.97 Å². The first-order valence-corrected chi connectivity index (χ1v) is 7.81. The molecular weight excluding hydrogens is 300 g/mol. The summed E-state index contributed by atoms with van der Waals surface area (Å²) in [5.41, 5.74) is 1.47. The van der Waals surface area contributed by atoms with Gasteiger partial charge in [0.1, 0.15) is 4.88 Å². The van der Waals surface area contributed by atoms with Crippen molar-refractivity contribution in [2.24, 2.45) is 0 Å². The molecule has 1 aromatic heterocycles. The van der Waals surface area contributed by atoms with Gasteiger partial charge in [0.15, 0.2) is 0 Å². The van der Waals surface area contributed by atoms with Crippen molar-refractivity contribution in [3.63, 3.8) is 0 Å². The number of aryl methyl sites for hydroxylation is 2. The van der Waals surface area contributed by atoms with Crippen molar-refractivity contribution in [3.05, 3.63) is 45.9 Å². The van der Waals surface area contributed by atoms with Crippen molar-refractivity contribution < 1.29 is 14.3 Å². The number of esters is 1. The number of nitrogens with one attached hydrogen (secondary N) is 1. The zero-order chi connectivity index (χ0) is 15.9. The van der Waals surface area contributed by atoms with Gasteiger partial charge in [0.25, 0.3) is 5.91 Å². The number of benzene rings is 1. The molecule has 1 N–H and O–H groups in total. The Labute approximate surface area is 133 Å². The van der Waals surface area contributed by atoms with Crippen LogP contribution in [0.15, 0.2) is 30.3 Å². The normalized spacial score (nSPS) is 10.3. The fourth-order valence-electron chi connectivity index (χ4n) is 1.97. The van der Waals surface area contributed by atoms with Gasteiger partial charge in [-0.05, 0) is 31.9 Å². The van der Waals surface area contributed by atoms with Gasteiger partial charge in [0.05, 0.1) is 17.8 Å². The molecule has 0 radical (unpaired) electrons. The number of carbonyl (C=O) groups is 2. The van der Waals surface area contributed by atoms with E-state index < -0.39 is 0 Å². The number of hydrogen-bond acceptors (Lipinski definition) is 5. The van der Waals surface area contributed by atoms with Crippen molar-refractivity contribution in [1.82, 2.24) is 4.98 Å². The minimum atomic E-state index is -0.227. The number of methoxy groups -OCH3 is 1. The molecule has 1 amide bonds.